The Balaban J connectivity index is 2.34. The third-order valence-electron chi connectivity index (χ3n) is 1.97. The van der Waals surface area contributed by atoms with Crippen LogP contribution in [0.3, 0.4) is 0 Å². The molecule has 0 bridgehead atoms. The van der Waals surface area contributed by atoms with Crippen molar-refractivity contribution >= 4 is 5.91 Å². The quantitative estimate of drug-likeness (QED) is 0.555. The maximum absolute atomic E-state index is 10.5. The zero-order chi connectivity index (χ0) is 10.4. The molecule has 0 aromatic heterocycles. The molecule has 0 spiro atoms. The van der Waals surface area contributed by atoms with E-state index in [1.807, 2.05) is 6.08 Å². The van der Waals surface area contributed by atoms with Crippen LogP contribution in [-0.4, -0.2) is 12.5 Å². The van der Waals surface area contributed by atoms with Crippen LogP contribution in [0, 0.1) is 0 Å². The maximum atomic E-state index is 10.5. The van der Waals surface area contributed by atoms with Crippen LogP contribution in [0.15, 0.2) is 35.7 Å². The van der Waals surface area contributed by atoms with E-state index in [4.69, 9.17) is 11.5 Å². The lowest BCUT2D eigenvalue weighted by Gasteiger charge is -2.08. The molecule has 0 atom stereocenters. The first-order valence-electron chi connectivity index (χ1n) is 4.53. The lowest BCUT2D eigenvalue weighted by molar-refractivity contribution is -0.114. The van der Waals surface area contributed by atoms with Crippen molar-refractivity contribution in [3.8, 4) is 0 Å². The van der Waals surface area contributed by atoms with E-state index in [1.54, 1.807) is 0 Å². The van der Waals surface area contributed by atoms with Gasteiger partial charge in [-0.1, -0.05) is 23.8 Å². The largest absolute Gasteiger partial charge is 0.393 e. The van der Waals surface area contributed by atoms with E-state index >= 15 is 0 Å². The van der Waals surface area contributed by atoms with Gasteiger partial charge in [-0.15, -0.1) is 0 Å². The van der Waals surface area contributed by atoms with E-state index in [0.717, 1.165) is 12.8 Å². The monoisotopic (exact) mass is 193 g/mol. The molecule has 0 aromatic carbocycles. The molecule has 4 nitrogen and oxygen atoms in total. The summed E-state index contributed by atoms with van der Waals surface area (Å²) in [6.07, 6.45) is 9.78. The fourth-order valence-electron chi connectivity index (χ4n) is 1.16. The number of carbonyl (C=O) groups excluding carboxylic acids is 1. The molecular weight excluding hydrogens is 178 g/mol. The Morgan fingerprint density at radius 1 is 1.57 bits per heavy atom. The predicted octanol–water partition coefficient (Wildman–Crippen LogP) is 0.138. The highest BCUT2D eigenvalue weighted by molar-refractivity contribution is 5.90. The van der Waals surface area contributed by atoms with E-state index in [1.165, 1.54) is 11.8 Å². The van der Waals surface area contributed by atoms with Crippen LogP contribution in [0.4, 0.5) is 0 Å². The zero-order valence-corrected chi connectivity index (χ0v) is 7.99. The number of rotatable bonds is 4. The first kappa shape index (κ1) is 10.4. The van der Waals surface area contributed by atoms with Crippen LogP contribution >= 0.6 is 0 Å². The number of hydrogen-bond acceptors (Lipinski definition) is 3. The van der Waals surface area contributed by atoms with Crippen molar-refractivity contribution in [1.82, 2.24) is 5.32 Å². The first-order chi connectivity index (χ1) is 6.70. The second kappa shape index (κ2) is 5.11. The second-order valence-electron chi connectivity index (χ2n) is 3.14. The van der Waals surface area contributed by atoms with Gasteiger partial charge in [0.25, 0.3) is 5.91 Å². The number of carbonyl (C=O) groups is 1. The Morgan fingerprint density at radius 2 is 2.36 bits per heavy atom. The van der Waals surface area contributed by atoms with Gasteiger partial charge in [0.05, 0.1) is 0 Å². The number of hydrogen-bond donors (Lipinski definition) is 3. The lowest BCUT2D eigenvalue weighted by Crippen LogP contribution is -2.23. The van der Waals surface area contributed by atoms with Gasteiger partial charge >= 0.3 is 0 Å². The summed E-state index contributed by atoms with van der Waals surface area (Å²) in [5.41, 5.74) is 11.6. The average Bonchev–Trinajstić information content (AvgIpc) is 2.19. The van der Waals surface area contributed by atoms with Crippen LogP contribution in [0.25, 0.3) is 0 Å². The van der Waals surface area contributed by atoms with E-state index in [9.17, 15) is 4.79 Å². The van der Waals surface area contributed by atoms with Crippen molar-refractivity contribution in [2.24, 2.45) is 11.5 Å². The summed E-state index contributed by atoms with van der Waals surface area (Å²) >= 11 is 0. The third kappa shape index (κ3) is 3.35. The van der Waals surface area contributed by atoms with Crippen LogP contribution in [-0.2, 0) is 4.79 Å². The summed E-state index contributed by atoms with van der Waals surface area (Å²) in [5, 5.41) is 2.95. The second-order valence-corrected chi connectivity index (χ2v) is 3.14. The molecule has 1 aliphatic rings. The van der Waals surface area contributed by atoms with Gasteiger partial charge in [-0.2, -0.15) is 0 Å². The number of nitrogens with two attached hydrogens (primary N) is 2. The number of amides is 1. The van der Waals surface area contributed by atoms with Crippen molar-refractivity contribution in [1.29, 1.82) is 0 Å². The lowest BCUT2D eigenvalue weighted by atomic mass is 10.1. The Hall–Kier alpha value is -1.71. The molecule has 0 saturated heterocycles. The van der Waals surface area contributed by atoms with Gasteiger partial charge in [0, 0.05) is 12.7 Å². The molecule has 1 aliphatic carbocycles. The molecule has 1 amide bonds. The van der Waals surface area contributed by atoms with Crippen molar-refractivity contribution in [3.05, 3.63) is 35.7 Å². The minimum atomic E-state index is -0.602. The highest BCUT2D eigenvalue weighted by atomic mass is 16.1. The zero-order valence-electron chi connectivity index (χ0n) is 7.99. The first-order valence-corrected chi connectivity index (χ1v) is 4.53. The molecule has 0 radical (unpaired) electrons. The highest BCUT2D eigenvalue weighted by Gasteiger charge is 1.99. The van der Waals surface area contributed by atoms with E-state index in [-0.39, 0.29) is 5.70 Å². The minimum Gasteiger partial charge on any atom is -0.393 e. The topological polar surface area (TPSA) is 81.1 Å². The Morgan fingerprint density at radius 3 is 2.93 bits per heavy atom. The summed E-state index contributed by atoms with van der Waals surface area (Å²) in [6, 6.07) is 0. The summed E-state index contributed by atoms with van der Waals surface area (Å²) in [5.74, 6) is -0.602. The summed E-state index contributed by atoms with van der Waals surface area (Å²) < 4.78 is 0. The molecule has 0 aromatic rings. The molecule has 0 unspecified atom stereocenters. The molecule has 0 heterocycles. The van der Waals surface area contributed by atoms with Gasteiger partial charge in [-0.05, 0) is 12.8 Å². The van der Waals surface area contributed by atoms with Gasteiger partial charge < -0.3 is 16.8 Å². The maximum Gasteiger partial charge on any atom is 0.266 e. The van der Waals surface area contributed by atoms with Gasteiger partial charge in [-0.25, -0.2) is 0 Å². The third-order valence-corrected chi connectivity index (χ3v) is 1.97. The molecule has 0 aliphatic heterocycles. The fraction of sp³-hybridized carbons (Fsp3) is 0.300. The molecule has 5 N–H and O–H groups in total. The molecular formula is C10H15N3O. The van der Waals surface area contributed by atoms with Crippen LogP contribution in [0.1, 0.15) is 12.8 Å². The van der Waals surface area contributed by atoms with Gasteiger partial charge in [0.2, 0.25) is 0 Å². The van der Waals surface area contributed by atoms with Crippen LogP contribution in [0.2, 0.25) is 0 Å². The summed E-state index contributed by atoms with van der Waals surface area (Å²) in [6.45, 7) is 0.707. The van der Waals surface area contributed by atoms with E-state index in [2.05, 4.69) is 17.5 Å². The standard InChI is InChI=1S/C10H15N3O/c11-9(10(12)14)7-13-6-8-4-2-1-3-5-8/h1-2,4,7,13H,3,5-6,11H2,(H2,12,14)/b9-7-. The minimum absolute atomic E-state index is 0.0527. The Bertz CT molecular complexity index is 302. The summed E-state index contributed by atoms with van der Waals surface area (Å²) in [7, 11) is 0. The molecule has 0 fully saturated rings. The van der Waals surface area contributed by atoms with E-state index < -0.39 is 5.91 Å². The SMILES string of the molecule is NC(=O)/C(N)=C/NCC1=CC=CCC1. The molecule has 1 rings (SSSR count). The fourth-order valence-corrected chi connectivity index (χ4v) is 1.16. The van der Waals surface area contributed by atoms with Gasteiger partial charge in [0.15, 0.2) is 0 Å². The van der Waals surface area contributed by atoms with Crippen molar-refractivity contribution in [3.63, 3.8) is 0 Å². The molecule has 0 saturated carbocycles. The van der Waals surface area contributed by atoms with Gasteiger partial charge in [-0.3, -0.25) is 4.79 Å². The molecule has 4 heteroatoms. The number of allylic oxidation sites excluding steroid dienone is 3. The highest BCUT2D eigenvalue weighted by Crippen LogP contribution is 2.09. The van der Waals surface area contributed by atoms with Crippen LogP contribution < -0.4 is 16.8 Å². The average molecular weight is 193 g/mol. The van der Waals surface area contributed by atoms with Crippen molar-refractivity contribution in [2.45, 2.75) is 12.8 Å². The molecule has 76 valence electrons. The smallest absolute Gasteiger partial charge is 0.266 e. The number of nitrogens with one attached hydrogen (secondary N) is 1. The summed E-state index contributed by atoms with van der Waals surface area (Å²) in [4.78, 5) is 10.5. The Labute approximate surface area is 83.3 Å². The predicted molar refractivity (Wildman–Crippen MR) is 55.9 cm³/mol. The van der Waals surface area contributed by atoms with Gasteiger partial charge in [0.1, 0.15) is 5.70 Å². The van der Waals surface area contributed by atoms with E-state index in [0.29, 0.717) is 6.54 Å². The Kier molecular flexibility index (Phi) is 3.79. The van der Waals surface area contributed by atoms with Crippen LogP contribution in [0.5, 0.6) is 0 Å². The molecule has 14 heavy (non-hydrogen) atoms. The number of primary amides is 1. The van der Waals surface area contributed by atoms with Crippen molar-refractivity contribution < 1.29 is 4.79 Å². The normalized spacial score (nSPS) is 16.3. The van der Waals surface area contributed by atoms with Crippen molar-refractivity contribution in [2.75, 3.05) is 6.54 Å².